The minimum atomic E-state index is 0.320. The highest BCUT2D eigenvalue weighted by molar-refractivity contribution is 5.68. The van der Waals surface area contributed by atoms with E-state index in [-0.39, 0.29) is 0 Å². The summed E-state index contributed by atoms with van der Waals surface area (Å²) in [6.45, 7) is 2.32. The van der Waals surface area contributed by atoms with Crippen molar-refractivity contribution >= 4 is 0 Å². The third-order valence-electron chi connectivity index (χ3n) is 2.89. The molecule has 0 aliphatic carbocycles. The third-order valence-corrected chi connectivity index (χ3v) is 2.89. The van der Waals surface area contributed by atoms with Crippen molar-refractivity contribution in [2.45, 2.75) is 13.5 Å². The van der Waals surface area contributed by atoms with Gasteiger partial charge in [0.15, 0.2) is 11.5 Å². The van der Waals surface area contributed by atoms with Crippen molar-refractivity contribution < 1.29 is 9.47 Å². The van der Waals surface area contributed by atoms with E-state index < -0.39 is 0 Å². The lowest BCUT2D eigenvalue weighted by atomic mass is 10.0. The molecule has 2 aromatic rings. The first kappa shape index (κ1) is 13.3. The summed E-state index contributed by atoms with van der Waals surface area (Å²) in [5.74, 6) is 2.00. The molecule has 0 spiro atoms. The van der Waals surface area contributed by atoms with Gasteiger partial charge in [0.05, 0.1) is 26.5 Å². The average molecular weight is 259 g/mol. The van der Waals surface area contributed by atoms with Crippen LogP contribution in [-0.2, 0) is 6.54 Å². The Kier molecular flexibility index (Phi) is 3.97. The largest absolute Gasteiger partial charge is 0.493 e. The van der Waals surface area contributed by atoms with Crippen molar-refractivity contribution in [1.29, 1.82) is 0 Å². The highest BCUT2D eigenvalue weighted by Crippen LogP contribution is 2.34. The summed E-state index contributed by atoms with van der Waals surface area (Å²) in [4.78, 5) is 8.52. The van der Waals surface area contributed by atoms with Gasteiger partial charge in [-0.15, -0.1) is 0 Å². The molecule has 19 heavy (non-hydrogen) atoms. The number of hydrogen-bond acceptors (Lipinski definition) is 5. The van der Waals surface area contributed by atoms with Crippen LogP contribution < -0.4 is 15.2 Å². The Balaban J connectivity index is 2.55. The molecule has 1 aromatic heterocycles. The minimum absolute atomic E-state index is 0.320. The average Bonchev–Trinajstić information content (AvgIpc) is 2.46. The fourth-order valence-electron chi connectivity index (χ4n) is 1.90. The van der Waals surface area contributed by atoms with Gasteiger partial charge in [0.25, 0.3) is 0 Å². The first-order valence-electron chi connectivity index (χ1n) is 5.94. The van der Waals surface area contributed by atoms with Gasteiger partial charge in [-0.2, -0.15) is 0 Å². The summed E-state index contributed by atoms with van der Waals surface area (Å²) < 4.78 is 10.6. The number of nitrogens with two attached hydrogens (primary N) is 1. The van der Waals surface area contributed by atoms with Gasteiger partial charge < -0.3 is 15.2 Å². The Labute approximate surface area is 112 Å². The number of hydrogen-bond donors (Lipinski definition) is 1. The van der Waals surface area contributed by atoms with Gasteiger partial charge in [0, 0.05) is 11.8 Å². The molecule has 2 N–H and O–H groups in total. The van der Waals surface area contributed by atoms with Crippen LogP contribution in [0.1, 0.15) is 11.4 Å². The molecule has 5 heteroatoms. The van der Waals surface area contributed by atoms with Crippen molar-refractivity contribution in [1.82, 2.24) is 9.97 Å². The number of rotatable bonds is 4. The molecule has 0 aliphatic heterocycles. The molecule has 2 rings (SSSR count). The molecule has 0 bridgehead atoms. The smallest absolute Gasteiger partial charge is 0.161 e. The summed E-state index contributed by atoms with van der Waals surface area (Å²) in [5, 5.41) is 0. The Morgan fingerprint density at radius 1 is 1.16 bits per heavy atom. The second kappa shape index (κ2) is 5.67. The first-order valence-corrected chi connectivity index (χ1v) is 5.94. The molecule has 100 valence electrons. The molecular weight excluding hydrogens is 242 g/mol. The Morgan fingerprint density at radius 2 is 1.84 bits per heavy atom. The standard InChI is InChI=1S/C14H17N3O2/c1-9-6-12(18-2)13(19-3)7-10(9)11-4-5-16-14(8-15)17-11/h4-7H,8,15H2,1-3H3. The van der Waals surface area contributed by atoms with Crippen LogP contribution in [0.3, 0.4) is 0 Å². The second-order valence-electron chi connectivity index (χ2n) is 4.08. The van der Waals surface area contributed by atoms with Crippen molar-refractivity contribution in [3.05, 3.63) is 35.8 Å². The van der Waals surface area contributed by atoms with E-state index in [0.717, 1.165) is 16.8 Å². The second-order valence-corrected chi connectivity index (χ2v) is 4.08. The zero-order valence-corrected chi connectivity index (χ0v) is 11.3. The van der Waals surface area contributed by atoms with Gasteiger partial charge >= 0.3 is 0 Å². The topological polar surface area (TPSA) is 70.3 Å². The van der Waals surface area contributed by atoms with Crippen LogP contribution in [0.4, 0.5) is 0 Å². The number of nitrogens with zero attached hydrogens (tertiary/aromatic N) is 2. The predicted octanol–water partition coefficient (Wildman–Crippen LogP) is 1.93. The van der Waals surface area contributed by atoms with Crippen molar-refractivity contribution in [3.8, 4) is 22.8 Å². The summed E-state index contributed by atoms with van der Waals surface area (Å²) >= 11 is 0. The zero-order valence-electron chi connectivity index (χ0n) is 11.3. The van der Waals surface area contributed by atoms with Crippen LogP contribution in [0.15, 0.2) is 24.4 Å². The lowest BCUT2D eigenvalue weighted by molar-refractivity contribution is 0.355. The number of aryl methyl sites for hydroxylation is 1. The van der Waals surface area contributed by atoms with Crippen LogP contribution in [0, 0.1) is 6.92 Å². The zero-order chi connectivity index (χ0) is 13.8. The maximum atomic E-state index is 5.57. The molecule has 0 fully saturated rings. The maximum Gasteiger partial charge on any atom is 0.161 e. The summed E-state index contributed by atoms with van der Waals surface area (Å²) in [7, 11) is 3.23. The number of aromatic nitrogens is 2. The van der Waals surface area contributed by atoms with Crippen LogP contribution in [0.2, 0.25) is 0 Å². The van der Waals surface area contributed by atoms with Crippen LogP contribution >= 0.6 is 0 Å². The molecule has 0 radical (unpaired) electrons. The summed E-state index contributed by atoms with van der Waals surface area (Å²) in [6, 6.07) is 5.70. The molecule has 5 nitrogen and oxygen atoms in total. The van der Waals surface area contributed by atoms with E-state index in [2.05, 4.69) is 9.97 Å². The third kappa shape index (κ3) is 2.66. The molecule has 0 atom stereocenters. The normalized spacial score (nSPS) is 10.3. The maximum absolute atomic E-state index is 5.57. The molecule has 0 amide bonds. The van der Waals surface area contributed by atoms with Gasteiger partial charge in [0.2, 0.25) is 0 Å². The molecule has 1 heterocycles. The number of ether oxygens (including phenoxy) is 2. The lowest BCUT2D eigenvalue weighted by Gasteiger charge is -2.12. The van der Waals surface area contributed by atoms with E-state index in [1.165, 1.54) is 0 Å². The van der Waals surface area contributed by atoms with Crippen LogP contribution in [0.25, 0.3) is 11.3 Å². The molecule has 0 saturated carbocycles. The minimum Gasteiger partial charge on any atom is -0.493 e. The first-order chi connectivity index (χ1) is 9.19. The van der Waals surface area contributed by atoms with Crippen LogP contribution in [-0.4, -0.2) is 24.2 Å². The van der Waals surface area contributed by atoms with Gasteiger partial charge in [-0.3, -0.25) is 0 Å². The molecular formula is C14H17N3O2. The monoisotopic (exact) mass is 259 g/mol. The van der Waals surface area contributed by atoms with Gasteiger partial charge in [0.1, 0.15) is 5.82 Å². The van der Waals surface area contributed by atoms with E-state index in [4.69, 9.17) is 15.2 Å². The van der Waals surface area contributed by atoms with E-state index in [9.17, 15) is 0 Å². The predicted molar refractivity (Wildman–Crippen MR) is 73.2 cm³/mol. The molecule has 0 aliphatic rings. The fraction of sp³-hybridized carbons (Fsp3) is 0.286. The Morgan fingerprint density at radius 3 is 2.47 bits per heavy atom. The number of methoxy groups -OCH3 is 2. The van der Waals surface area contributed by atoms with E-state index in [0.29, 0.717) is 23.9 Å². The molecule has 1 aromatic carbocycles. The highest BCUT2D eigenvalue weighted by atomic mass is 16.5. The fourth-order valence-corrected chi connectivity index (χ4v) is 1.90. The Bertz CT molecular complexity index is 585. The highest BCUT2D eigenvalue weighted by Gasteiger charge is 2.11. The van der Waals surface area contributed by atoms with Crippen molar-refractivity contribution in [3.63, 3.8) is 0 Å². The van der Waals surface area contributed by atoms with Gasteiger partial charge in [-0.25, -0.2) is 9.97 Å². The SMILES string of the molecule is COc1cc(C)c(-c2ccnc(CN)n2)cc1OC. The van der Waals surface area contributed by atoms with Crippen molar-refractivity contribution in [2.24, 2.45) is 5.73 Å². The van der Waals surface area contributed by atoms with Crippen LogP contribution in [0.5, 0.6) is 11.5 Å². The summed E-state index contributed by atoms with van der Waals surface area (Å²) in [6.07, 6.45) is 1.71. The van der Waals surface area contributed by atoms with Gasteiger partial charge in [-0.05, 0) is 30.7 Å². The number of benzene rings is 1. The van der Waals surface area contributed by atoms with Gasteiger partial charge in [-0.1, -0.05) is 0 Å². The van der Waals surface area contributed by atoms with E-state index in [1.807, 2.05) is 25.1 Å². The molecule has 0 unspecified atom stereocenters. The lowest BCUT2D eigenvalue weighted by Crippen LogP contribution is -2.03. The van der Waals surface area contributed by atoms with Crippen molar-refractivity contribution in [2.75, 3.05) is 14.2 Å². The van der Waals surface area contributed by atoms with E-state index in [1.54, 1.807) is 20.4 Å². The quantitative estimate of drug-likeness (QED) is 0.908. The Hall–Kier alpha value is -2.14. The molecule has 0 saturated heterocycles. The summed E-state index contributed by atoms with van der Waals surface area (Å²) in [5.41, 5.74) is 8.43. The van der Waals surface area contributed by atoms with E-state index >= 15 is 0 Å².